The van der Waals surface area contributed by atoms with E-state index in [4.69, 9.17) is 0 Å². The first-order valence-electron chi connectivity index (χ1n) is 5.77. The number of aliphatic hydroxyl groups excluding tert-OH is 1. The van der Waals surface area contributed by atoms with Crippen LogP contribution in [0.3, 0.4) is 0 Å². The molecule has 0 fully saturated rings. The predicted octanol–water partition coefficient (Wildman–Crippen LogP) is 2.82. The summed E-state index contributed by atoms with van der Waals surface area (Å²) in [6, 6.07) is 4.22. The van der Waals surface area contributed by atoms with Crippen LogP contribution in [0.15, 0.2) is 22.7 Å². The number of amides is 1. The molecule has 0 aromatic heterocycles. The van der Waals surface area contributed by atoms with Gasteiger partial charge in [-0.25, -0.2) is 4.39 Å². The Kier molecular flexibility index (Phi) is 5.28. The smallest absolute Gasteiger partial charge is 0.257 e. The summed E-state index contributed by atoms with van der Waals surface area (Å²) in [4.78, 5) is 13.7. The van der Waals surface area contributed by atoms with Gasteiger partial charge in [0.05, 0.1) is 11.7 Å². The number of carbonyl (C=O) groups is 1. The van der Waals surface area contributed by atoms with Gasteiger partial charge < -0.3 is 10.0 Å². The molecule has 0 aliphatic rings. The number of carbonyl (C=O) groups excluding carboxylic acids is 1. The van der Waals surface area contributed by atoms with Gasteiger partial charge in [0.25, 0.3) is 5.91 Å². The van der Waals surface area contributed by atoms with Gasteiger partial charge in [0.15, 0.2) is 0 Å². The van der Waals surface area contributed by atoms with Gasteiger partial charge in [-0.3, -0.25) is 4.79 Å². The fraction of sp³-hybridized carbons (Fsp3) is 0.462. The van der Waals surface area contributed by atoms with Crippen LogP contribution in [-0.4, -0.2) is 34.6 Å². The fourth-order valence-corrected chi connectivity index (χ4v) is 1.96. The zero-order valence-electron chi connectivity index (χ0n) is 10.7. The number of benzene rings is 1. The van der Waals surface area contributed by atoms with Crippen LogP contribution in [0.2, 0.25) is 0 Å². The Hall–Kier alpha value is -0.940. The largest absolute Gasteiger partial charge is 0.392 e. The lowest BCUT2D eigenvalue weighted by molar-refractivity contribution is 0.0574. The second kappa shape index (κ2) is 6.29. The quantitative estimate of drug-likeness (QED) is 0.927. The molecule has 100 valence electrons. The molecule has 18 heavy (non-hydrogen) atoms. The predicted molar refractivity (Wildman–Crippen MR) is 72.0 cm³/mol. The van der Waals surface area contributed by atoms with Crippen molar-refractivity contribution in [3.63, 3.8) is 0 Å². The summed E-state index contributed by atoms with van der Waals surface area (Å²) in [5.41, 5.74) is 0.0209. The van der Waals surface area contributed by atoms with Gasteiger partial charge in [-0.05, 0) is 39.0 Å². The van der Waals surface area contributed by atoms with Crippen molar-refractivity contribution in [1.29, 1.82) is 0 Å². The van der Waals surface area contributed by atoms with Crippen molar-refractivity contribution in [1.82, 2.24) is 4.90 Å². The molecule has 0 saturated carbocycles. The minimum Gasteiger partial charge on any atom is -0.392 e. The Balaban J connectivity index is 3.02. The average molecular weight is 318 g/mol. The molecule has 0 saturated heterocycles. The summed E-state index contributed by atoms with van der Waals surface area (Å²) in [5.74, 6) is -0.971. The summed E-state index contributed by atoms with van der Waals surface area (Å²) in [7, 11) is 0. The van der Waals surface area contributed by atoms with Gasteiger partial charge in [0, 0.05) is 17.1 Å². The van der Waals surface area contributed by atoms with Crippen LogP contribution in [0.4, 0.5) is 4.39 Å². The Labute approximate surface area is 115 Å². The van der Waals surface area contributed by atoms with Crippen molar-refractivity contribution in [2.45, 2.75) is 32.9 Å². The van der Waals surface area contributed by atoms with Crippen LogP contribution < -0.4 is 0 Å². The highest BCUT2D eigenvalue weighted by Gasteiger charge is 2.22. The van der Waals surface area contributed by atoms with Crippen molar-refractivity contribution < 1.29 is 14.3 Å². The Morgan fingerprint density at radius 2 is 2.06 bits per heavy atom. The normalized spacial score (nSPS) is 12.6. The van der Waals surface area contributed by atoms with E-state index in [1.54, 1.807) is 13.0 Å². The van der Waals surface area contributed by atoms with E-state index in [1.165, 1.54) is 17.0 Å². The van der Waals surface area contributed by atoms with Gasteiger partial charge in [-0.2, -0.15) is 0 Å². The van der Waals surface area contributed by atoms with Crippen molar-refractivity contribution in [2.24, 2.45) is 0 Å². The van der Waals surface area contributed by atoms with E-state index in [9.17, 15) is 14.3 Å². The summed E-state index contributed by atoms with van der Waals surface area (Å²) in [5, 5.41) is 9.39. The van der Waals surface area contributed by atoms with E-state index < -0.39 is 17.8 Å². The maximum Gasteiger partial charge on any atom is 0.257 e. The van der Waals surface area contributed by atoms with Gasteiger partial charge in [0.1, 0.15) is 5.82 Å². The summed E-state index contributed by atoms with van der Waals surface area (Å²) < 4.78 is 14.3. The average Bonchev–Trinajstić information content (AvgIpc) is 2.24. The standard InChI is InChI=1S/C13H17BrFNO2/c1-8(2)16(7-9(3)17)13(18)11-5-4-10(14)6-12(11)15/h4-6,8-9,17H,7H2,1-3H3. The van der Waals surface area contributed by atoms with Crippen molar-refractivity contribution in [3.8, 4) is 0 Å². The summed E-state index contributed by atoms with van der Waals surface area (Å²) in [6.07, 6.45) is -0.644. The Morgan fingerprint density at radius 3 is 2.50 bits per heavy atom. The molecule has 0 heterocycles. The lowest BCUT2D eigenvalue weighted by atomic mass is 10.1. The maximum absolute atomic E-state index is 13.7. The molecule has 1 unspecified atom stereocenters. The Morgan fingerprint density at radius 1 is 1.44 bits per heavy atom. The van der Waals surface area contributed by atoms with Crippen LogP contribution in [0.5, 0.6) is 0 Å². The SMILES string of the molecule is CC(O)CN(C(=O)c1ccc(Br)cc1F)C(C)C. The number of halogens is 2. The topological polar surface area (TPSA) is 40.5 Å². The molecule has 1 aromatic carbocycles. The molecular weight excluding hydrogens is 301 g/mol. The molecule has 0 aliphatic heterocycles. The fourth-order valence-electron chi connectivity index (χ4n) is 1.63. The van der Waals surface area contributed by atoms with Gasteiger partial charge in [0.2, 0.25) is 0 Å². The van der Waals surface area contributed by atoms with Crippen molar-refractivity contribution >= 4 is 21.8 Å². The first-order chi connectivity index (χ1) is 8.32. The molecule has 0 radical (unpaired) electrons. The van der Waals surface area contributed by atoms with Crippen LogP contribution in [0.1, 0.15) is 31.1 Å². The molecule has 1 rings (SSSR count). The lowest BCUT2D eigenvalue weighted by Crippen LogP contribution is -2.41. The third kappa shape index (κ3) is 3.78. The molecule has 1 aromatic rings. The van der Waals surface area contributed by atoms with E-state index in [0.29, 0.717) is 4.47 Å². The number of rotatable bonds is 4. The van der Waals surface area contributed by atoms with Gasteiger partial charge >= 0.3 is 0 Å². The molecule has 1 N–H and O–H groups in total. The van der Waals surface area contributed by atoms with Crippen LogP contribution in [0.25, 0.3) is 0 Å². The van der Waals surface area contributed by atoms with E-state index in [2.05, 4.69) is 15.9 Å². The molecule has 5 heteroatoms. The molecular formula is C13H17BrFNO2. The maximum atomic E-state index is 13.7. The molecule has 0 spiro atoms. The van der Waals surface area contributed by atoms with Gasteiger partial charge in [-0.15, -0.1) is 0 Å². The second-order valence-electron chi connectivity index (χ2n) is 4.52. The number of nitrogens with zero attached hydrogens (tertiary/aromatic N) is 1. The number of hydrogen-bond donors (Lipinski definition) is 1. The first kappa shape index (κ1) is 15.1. The first-order valence-corrected chi connectivity index (χ1v) is 6.56. The Bertz CT molecular complexity index is 435. The third-order valence-electron chi connectivity index (χ3n) is 2.51. The number of hydrogen-bond acceptors (Lipinski definition) is 2. The molecule has 3 nitrogen and oxygen atoms in total. The monoisotopic (exact) mass is 317 g/mol. The van der Waals surface area contributed by atoms with Crippen LogP contribution in [-0.2, 0) is 0 Å². The zero-order chi connectivity index (χ0) is 13.9. The minimum absolute atomic E-state index is 0.0209. The lowest BCUT2D eigenvalue weighted by Gasteiger charge is -2.28. The number of aliphatic hydroxyl groups is 1. The molecule has 0 aliphatic carbocycles. The highest BCUT2D eigenvalue weighted by atomic mass is 79.9. The zero-order valence-corrected chi connectivity index (χ0v) is 12.2. The second-order valence-corrected chi connectivity index (χ2v) is 5.44. The van der Waals surface area contributed by atoms with E-state index in [1.807, 2.05) is 13.8 Å². The van der Waals surface area contributed by atoms with Crippen molar-refractivity contribution in [2.75, 3.05) is 6.54 Å². The molecule has 1 atom stereocenters. The van der Waals surface area contributed by atoms with E-state index in [0.717, 1.165) is 0 Å². The van der Waals surface area contributed by atoms with E-state index >= 15 is 0 Å². The summed E-state index contributed by atoms with van der Waals surface area (Å²) >= 11 is 3.15. The molecule has 0 bridgehead atoms. The van der Waals surface area contributed by atoms with Crippen molar-refractivity contribution in [3.05, 3.63) is 34.1 Å². The van der Waals surface area contributed by atoms with Crippen LogP contribution in [0, 0.1) is 5.82 Å². The third-order valence-corrected chi connectivity index (χ3v) is 3.00. The summed E-state index contributed by atoms with van der Waals surface area (Å²) in [6.45, 7) is 5.45. The highest BCUT2D eigenvalue weighted by molar-refractivity contribution is 9.10. The van der Waals surface area contributed by atoms with E-state index in [-0.39, 0.29) is 18.2 Å². The molecule has 1 amide bonds. The van der Waals surface area contributed by atoms with Crippen LogP contribution >= 0.6 is 15.9 Å². The minimum atomic E-state index is -0.644. The van der Waals surface area contributed by atoms with Gasteiger partial charge in [-0.1, -0.05) is 15.9 Å². The highest BCUT2D eigenvalue weighted by Crippen LogP contribution is 2.18.